The third-order valence-electron chi connectivity index (χ3n) is 4.70. The first-order valence-electron chi connectivity index (χ1n) is 8.36. The molecule has 1 aromatic rings. The summed E-state index contributed by atoms with van der Waals surface area (Å²) >= 11 is 1.57. The van der Waals surface area contributed by atoms with Crippen molar-refractivity contribution < 1.29 is 14.3 Å². The molecule has 0 aromatic carbocycles. The summed E-state index contributed by atoms with van der Waals surface area (Å²) in [5.41, 5.74) is 0. The third-order valence-corrected chi connectivity index (χ3v) is 5.68. The highest BCUT2D eigenvalue weighted by atomic mass is 32.1. The molecule has 1 N–H and O–H groups in total. The second-order valence-electron chi connectivity index (χ2n) is 6.32. The van der Waals surface area contributed by atoms with Gasteiger partial charge in [-0.2, -0.15) is 0 Å². The highest BCUT2D eigenvalue weighted by Crippen LogP contribution is 2.30. The number of hydrogen-bond donors (Lipinski definition) is 1. The Hall–Kier alpha value is -1.40. The molecule has 23 heavy (non-hydrogen) atoms. The number of carbonyl (C=O) groups is 2. The lowest BCUT2D eigenvalue weighted by atomic mass is 9.89. The van der Waals surface area contributed by atoms with Crippen LogP contribution in [-0.2, 0) is 14.3 Å². The molecule has 3 unspecified atom stereocenters. The molecule has 1 saturated carbocycles. The zero-order valence-electron chi connectivity index (χ0n) is 13.5. The first-order chi connectivity index (χ1) is 11.1. The van der Waals surface area contributed by atoms with Crippen molar-refractivity contribution in [2.75, 3.05) is 13.2 Å². The fraction of sp³-hybridized carbons (Fsp3) is 0.647. The smallest absolute Gasteiger partial charge is 0.225 e. The van der Waals surface area contributed by atoms with Crippen LogP contribution in [0.5, 0.6) is 0 Å². The van der Waals surface area contributed by atoms with Crippen molar-refractivity contribution in [3.63, 3.8) is 0 Å². The first-order valence-corrected chi connectivity index (χ1v) is 9.24. The Balaban J connectivity index is 1.69. The van der Waals surface area contributed by atoms with E-state index in [1.807, 2.05) is 22.4 Å². The van der Waals surface area contributed by atoms with Gasteiger partial charge in [-0.1, -0.05) is 18.9 Å². The van der Waals surface area contributed by atoms with Crippen LogP contribution in [0.3, 0.4) is 0 Å². The summed E-state index contributed by atoms with van der Waals surface area (Å²) < 4.78 is 5.84. The number of fused-ring (bicyclic) bond motifs is 1. The van der Waals surface area contributed by atoms with E-state index in [-0.39, 0.29) is 30.0 Å². The number of amides is 2. The van der Waals surface area contributed by atoms with Gasteiger partial charge >= 0.3 is 0 Å². The number of thiophene rings is 1. The molecule has 1 aliphatic heterocycles. The molecule has 126 valence electrons. The fourth-order valence-electron chi connectivity index (χ4n) is 3.66. The molecule has 3 rings (SSSR count). The van der Waals surface area contributed by atoms with E-state index in [4.69, 9.17) is 4.74 Å². The van der Waals surface area contributed by atoms with Crippen LogP contribution in [0.1, 0.15) is 49.9 Å². The zero-order chi connectivity index (χ0) is 16.2. The number of nitrogens with zero attached hydrogens (tertiary/aromatic N) is 1. The van der Waals surface area contributed by atoms with Gasteiger partial charge in [-0.25, -0.2) is 0 Å². The minimum Gasteiger partial charge on any atom is -0.374 e. The van der Waals surface area contributed by atoms with Gasteiger partial charge < -0.3 is 15.0 Å². The van der Waals surface area contributed by atoms with E-state index in [2.05, 4.69) is 5.32 Å². The van der Waals surface area contributed by atoms with Crippen molar-refractivity contribution in [3.05, 3.63) is 22.4 Å². The molecule has 0 bridgehead atoms. The molecule has 0 radical (unpaired) electrons. The summed E-state index contributed by atoms with van der Waals surface area (Å²) in [6.45, 7) is 2.78. The van der Waals surface area contributed by atoms with Gasteiger partial charge in [-0.3, -0.25) is 9.59 Å². The molecule has 0 spiro atoms. The molecular weight excluding hydrogens is 312 g/mol. The normalized spacial score (nSPS) is 25.5. The predicted molar refractivity (Wildman–Crippen MR) is 89.2 cm³/mol. The molecule has 2 heterocycles. The average molecular weight is 336 g/mol. The molecule has 1 saturated heterocycles. The number of carbonyl (C=O) groups excluding carboxylic acids is 2. The second kappa shape index (κ2) is 7.45. The van der Waals surface area contributed by atoms with Gasteiger partial charge in [0.15, 0.2) is 0 Å². The van der Waals surface area contributed by atoms with E-state index in [1.54, 1.807) is 11.3 Å². The van der Waals surface area contributed by atoms with Crippen LogP contribution >= 0.6 is 11.3 Å². The molecule has 6 heteroatoms. The van der Waals surface area contributed by atoms with Gasteiger partial charge in [0, 0.05) is 18.3 Å². The summed E-state index contributed by atoms with van der Waals surface area (Å²) in [5, 5.41) is 4.89. The van der Waals surface area contributed by atoms with Crippen molar-refractivity contribution in [2.24, 2.45) is 0 Å². The Labute approximate surface area is 141 Å². The molecule has 1 aromatic heterocycles. The number of rotatable bonds is 4. The first kappa shape index (κ1) is 16.5. The van der Waals surface area contributed by atoms with Crippen molar-refractivity contribution in [1.29, 1.82) is 0 Å². The maximum Gasteiger partial charge on any atom is 0.225 e. The SMILES string of the molecule is CC(=O)NC(CC(=O)N1CCOC2CCCCC21)c1cccs1. The molecule has 2 amide bonds. The van der Waals surface area contributed by atoms with Crippen LogP contribution in [0.15, 0.2) is 17.5 Å². The van der Waals surface area contributed by atoms with Crippen LogP contribution in [-0.4, -0.2) is 42.0 Å². The van der Waals surface area contributed by atoms with E-state index in [0.29, 0.717) is 19.6 Å². The van der Waals surface area contributed by atoms with Crippen LogP contribution in [0, 0.1) is 0 Å². The van der Waals surface area contributed by atoms with Crippen LogP contribution < -0.4 is 5.32 Å². The topological polar surface area (TPSA) is 58.6 Å². The summed E-state index contributed by atoms with van der Waals surface area (Å²) in [6, 6.07) is 3.91. The summed E-state index contributed by atoms with van der Waals surface area (Å²) in [7, 11) is 0. The van der Waals surface area contributed by atoms with E-state index >= 15 is 0 Å². The standard InChI is InChI=1S/C17H24N2O3S/c1-12(20)18-13(16-7-4-10-23-16)11-17(21)19-8-9-22-15-6-3-2-5-14(15)19/h4,7,10,13-15H,2-3,5-6,8-9,11H2,1H3,(H,18,20). The van der Waals surface area contributed by atoms with Gasteiger partial charge in [-0.05, 0) is 24.3 Å². The van der Waals surface area contributed by atoms with Gasteiger partial charge in [0.25, 0.3) is 0 Å². The van der Waals surface area contributed by atoms with E-state index in [9.17, 15) is 9.59 Å². The number of hydrogen-bond acceptors (Lipinski definition) is 4. The molecular formula is C17H24N2O3S. The fourth-order valence-corrected chi connectivity index (χ4v) is 4.43. The lowest BCUT2D eigenvalue weighted by molar-refractivity contribution is -0.150. The number of ether oxygens (including phenoxy) is 1. The van der Waals surface area contributed by atoms with Gasteiger partial charge in [0.05, 0.1) is 31.2 Å². The Bertz CT molecular complexity index is 544. The van der Waals surface area contributed by atoms with E-state index in [0.717, 1.165) is 24.1 Å². The minimum atomic E-state index is -0.232. The Kier molecular flexibility index (Phi) is 5.33. The monoisotopic (exact) mass is 336 g/mol. The van der Waals surface area contributed by atoms with Crippen LogP contribution in [0.4, 0.5) is 0 Å². The Morgan fingerprint density at radius 2 is 2.26 bits per heavy atom. The van der Waals surface area contributed by atoms with E-state index < -0.39 is 0 Å². The molecule has 5 nitrogen and oxygen atoms in total. The molecule has 2 fully saturated rings. The van der Waals surface area contributed by atoms with E-state index in [1.165, 1.54) is 13.3 Å². The zero-order valence-corrected chi connectivity index (χ0v) is 14.3. The van der Waals surface area contributed by atoms with Gasteiger partial charge in [0.2, 0.25) is 11.8 Å². The maximum atomic E-state index is 12.9. The summed E-state index contributed by atoms with van der Waals surface area (Å²) in [6.07, 6.45) is 4.95. The van der Waals surface area contributed by atoms with Crippen LogP contribution in [0.2, 0.25) is 0 Å². The summed E-state index contributed by atoms with van der Waals surface area (Å²) in [5.74, 6) is 0.0195. The molecule has 2 aliphatic rings. The molecule has 1 aliphatic carbocycles. The van der Waals surface area contributed by atoms with Crippen LogP contribution in [0.25, 0.3) is 0 Å². The lowest BCUT2D eigenvalue weighted by Gasteiger charge is -2.44. The predicted octanol–water partition coefficient (Wildman–Crippen LogP) is 2.49. The second-order valence-corrected chi connectivity index (χ2v) is 7.30. The lowest BCUT2D eigenvalue weighted by Crippen LogP contribution is -2.55. The Morgan fingerprint density at radius 3 is 3.00 bits per heavy atom. The summed E-state index contributed by atoms with van der Waals surface area (Å²) in [4.78, 5) is 27.4. The number of nitrogens with one attached hydrogen (secondary N) is 1. The molecule has 3 atom stereocenters. The van der Waals surface area contributed by atoms with Crippen molar-refractivity contribution in [3.8, 4) is 0 Å². The largest absolute Gasteiger partial charge is 0.374 e. The maximum absolute atomic E-state index is 12.9. The van der Waals surface area contributed by atoms with Gasteiger partial charge in [0.1, 0.15) is 0 Å². The Morgan fingerprint density at radius 1 is 1.43 bits per heavy atom. The van der Waals surface area contributed by atoms with Gasteiger partial charge in [-0.15, -0.1) is 11.3 Å². The average Bonchev–Trinajstić information content (AvgIpc) is 3.07. The van der Waals surface area contributed by atoms with Crippen molar-refractivity contribution in [1.82, 2.24) is 10.2 Å². The van der Waals surface area contributed by atoms with Crippen molar-refractivity contribution >= 4 is 23.2 Å². The quantitative estimate of drug-likeness (QED) is 0.919. The third kappa shape index (κ3) is 3.93. The highest BCUT2D eigenvalue weighted by Gasteiger charge is 2.37. The van der Waals surface area contributed by atoms with Crippen molar-refractivity contribution in [2.45, 2.75) is 57.2 Å². The number of morpholine rings is 1. The minimum absolute atomic E-state index is 0.103. The highest BCUT2D eigenvalue weighted by molar-refractivity contribution is 7.10.